The van der Waals surface area contributed by atoms with Gasteiger partial charge in [-0.15, -0.1) is 0 Å². The molecule has 1 aliphatic rings. The monoisotopic (exact) mass is 268 g/mol. The Morgan fingerprint density at radius 2 is 2.20 bits per heavy atom. The Kier molecular flexibility index (Phi) is 3.35. The molecule has 2 rings (SSSR count). The topological polar surface area (TPSA) is 9.23 Å². The summed E-state index contributed by atoms with van der Waals surface area (Å²) in [4.78, 5) is 0.471. The Balaban J connectivity index is 2.28. The molecule has 1 aromatic rings. The third-order valence-electron chi connectivity index (χ3n) is 2.80. The number of aryl methyl sites for hydroxylation is 1. The predicted molar refractivity (Wildman–Crippen MR) is 66.7 cm³/mol. The van der Waals surface area contributed by atoms with E-state index < -0.39 is 0 Å². The van der Waals surface area contributed by atoms with Gasteiger partial charge in [0.05, 0.1) is 6.61 Å². The minimum Gasteiger partial charge on any atom is -0.494 e. The van der Waals surface area contributed by atoms with Crippen molar-refractivity contribution in [1.82, 2.24) is 0 Å². The van der Waals surface area contributed by atoms with Crippen LogP contribution in [0.2, 0.25) is 0 Å². The van der Waals surface area contributed by atoms with E-state index in [9.17, 15) is 0 Å². The Hall–Kier alpha value is -0.500. The van der Waals surface area contributed by atoms with Crippen LogP contribution >= 0.6 is 15.9 Å². The summed E-state index contributed by atoms with van der Waals surface area (Å²) in [6, 6.07) is 6.44. The van der Waals surface area contributed by atoms with Gasteiger partial charge in [-0.1, -0.05) is 33.6 Å². The fraction of sp³-hybridized carbons (Fsp3) is 0.538. The molecule has 0 aliphatic heterocycles. The molecule has 0 N–H and O–H groups in total. The highest BCUT2D eigenvalue weighted by atomic mass is 79.9. The minimum absolute atomic E-state index is 0.471. The zero-order valence-corrected chi connectivity index (χ0v) is 10.9. The van der Waals surface area contributed by atoms with Crippen LogP contribution < -0.4 is 4.74 Å². The van der Waals surface area contributed by atoms with Crippen LogP contribution in [0.15, 0.2) is 18.2 Å². The molecule has 1 aromatic carbocycles. The van der Waals surface area contributed by atoms with E-state index in [-0.39, 0.29) is 0 Å². The number of alkyl halides is 1. The maximum absolute atomic E-state index is 5.66. The minimum atomic E-state index is 0.471. The molecule has 0 amide bonds. The molecule has 0 aromatic heterocycles. The highest BCUT2D eigenvalue weighted by Gasteiger charge is 2.32. The average molecular weight is 269 g/mol. The Morgan fingerprint density at radius 1 is 1.47 bits per heavy atom. The lowest BCUT2D eigenvalue weighted by atomic mass is 10.0. The summed E-state index contributed by atoms with van der Waals surface area (Å²) >= 11 is 3.79. The molecule has 1 unspecified atom stereocenters. The first-order chi connectivity index (χ1) is 7.22. The predicted octanol–water partition coefficient (Wildman–Crippen LogP) is 4.24. The first-order valence-corrected chi connectivity index (χ1v) is 6.51. The van der Waals surface area contributed by atoms with Crippen molar-refractivity contribution < 1.29 is 4.74 Å². The van der Waals surface area contributed by atoms with Crippen molar-refractivity contribution in [3.8, 4) is 5.75 Å². The van der Waals surface area contributed by atoms with Gasteiger partial charge in [0, 0.05) is 10.4 Å². The number of halogens is 1. The lowest BCUT2D eigenvalue weighted by Crippen LogP contribution is -2.00. The summed E-state index contributed by atoms with van der Waals surface area (Å²) in [5.74, 6) is 1.85. The van der Waals surface area contributed by atoms with E-state index in [0.29, 0.717) is 4.83 Å². The van der Waals surface area contributed by atoms with Crippen molar-refractivity contribution >= 4 is 15.9 Å². The Morgan fingerprint density at radius 3 is 2.80 bits per heavy atom. The van der Waals surface area contributed by atoms with E-state index in [1.54, 1.807) is 0 Å². The van der Waals surface area contributed by atoms with Gasteiger partial charge in [-0.3, -0.25) is 0 Å². The summed E-state index contributed by atoms with van der Waals surface area (Å²) in [6.45, 7) is 4.90. The zero-order valence-electron chi connectivity index (χ0n) is 9.29. The SMILES string of the molecule is CCOc1ccc(C)cc1C(Br)C1CC1. The Bertz CT molecular complexity index is 344. The van der Waals surface area contributed by atoms with Crippen molar-refractivity contribution in [2.24, 2.45) is 5.92 Å². The summed E-state index contributed by atoms with van der Waals surface area (Å²) in [6.07, 6.45) is 2.69. The fourth-order valence-electron chi connectivity index (χ4n) is 1.81. The second-order valence-electron chi connectivity index (χ2n) is 4.21. The molecule has 15 heavy (non-hydrogen) atoms. The third-order valence-corrected chi connectivity index (χ3v) is 4.04. The molecule has 1 atom stereocenters. The van der Waals surface area contributed by atoms with Gasteiger partial charge in [-0.05, 0) is 38.7 Å². The van der Waals surface area contributed by atoms with Gasteiger partial charge in [0.15, 0.2) is 0 Å². The highest BCUT2D eigenvalue weighted by molar-refractivity contribution is 9.09. The van der Waals surface area contributed by atoms with E-state index in [0.717, 1.165) is 18.3 Å². The van der Waals surface area contributed by atoms with Crippen LogP contribution in [0, 0.1) is 12.8 Å². The van der Waals surface area contributed by atoms with Crippen LogP contribution in [-0.4, -0.2) is 6.61 Å². The highest BCUT2D eigenvalue weighted by Crippen LogP contribution is 2.48. The normalized spacial score (nSPS) is 17.5. The lowest BCUT2D eigenvalue weighted by Gasteiger charge is -2.15. The van der Waals surface area contributed by atoms with Gasteiger partial charge < -0.3 is 4.74 Å². The van der Waals surface area contributed by atoms with E-state index in [2.05, 4.69) is 41.1 Å². The van der Waals surface area contributed by atoms with E-state index in [4.69, 9.17) is 4.74 Å². The van der Waals surface area contributed by atoms with Gasteiger partial charge in [-0.25, -0.2) is 0 Å². The summed E-state index contributed by atoms with van der Waals surface area (Å²) < 4.78 is 5.66. The van der Waals surface area contributed by atoms with Crippen molar-refractivity contribution in [3.63, 3.8) is 0 Å². The van der Waals surface area contributed by atoms with Crippen molar-refractivity contribution in [3.05, 3.63) is 29.3 Å². The molecule has 2 heteroatoms. The van der Waals surface area contributed by atoms with Crippen LogP contribution in [0.3, 0.4) is 0 Å². The van der Waals surface area contributed by atoms with E-state index in [1.165, 1.54) is 24.0 Å². The van der Waals surface area contributed by atoms with Crippen molar-refractivity contribution in [2.75, 3.05) is 6.61 Å². The van der Waals surface area contributed by atoms with Crippen LogP contribution in [-0.2, 0) is 0 Å². The smallest absolute Gasteiger partial charge is 0.123 e. The number of hydrogen-bond donors (Lipinski definition) is 0. The molecule has 1 aliphatic carbocycles. The standard InChI is InChI=1S/C13H17BrO/c1-3-15-12-7-4-9(2)8-11(12)13(14)10-5-6-10/h4,7-8,10,13H,3,5-6H2,1-2H3. The quantitative estimate of drug-likeness (QED) is 0.743. The molecule has 1 nitrogen and oxygen atoms in total. The third kappa shape index (κ3) is 2.54. The maximum Gasteiger partial charge on any atom is 0.123 e. The molecular formula is C13H17BrO. The molecule has 0 heterocycles. The van der Waals surface area contributed by atoms with Gasteiger partial charge in [-0.2, -0.15) is 0 Å². The zero-order chi connectivity index (χ0) is 10.8. The van der Waals surface area contributed by atoms with Gasteiger partial charge in [0.2, 0.25) is 0 Å². The number of ether oxygens (including phenoxy) is 1. The average Bonchev–Trinajstić information content (AvgIpc) is 3.03. The molecule has 0 bridgehead atoms. The fourth-order valence-corrected chi connectivity index (χ4v) is 2.70. The van der Waals surface area contributed by atoms with Crippen LogP contribution in [0.1, 0.15) is 35.7 Å². The molecule has 1 fully saturated rings. The summed E-state index contributed by atoms with van der Waals surface area (Å²) in [5.41, 5.74) is 2.62. The molecular weight excluding hydrogens is 252 g/mol. The molecule has 82 valence electrons. The van der Waals surface area contributed by atoms with Crippen molar-refractivity contribution in [1.29, 1.82) is 0 Å². The summed E-state index contributed by atoms with van der Waals surface area (Å²) in [7, 11) is 0. The van der Waals surface area contributed by atoms with Gasteiger partial charge in [0.25, 0.3) is 0 Å². The Labute approximate surface area is 100.0 Å². The second-order valence-corrected chi connectivity index (χ2v) is 5.20. The van der Waals surface area contributed by atoms with Crippen LogP contribution in [0.5, 0.6) is 5.75 Å². The molecule has 0 spiro atoms. The second kappa shape index (κ2) is 4.56. The van der Waals surface area contributed by atoms with Crippen molar-refractivity contribution in [2.45, 2.75) is 31.5 Å². The summed E-state index contributed by atoms with van der Waals surface area (Å²) in [5, 5.41) is 0. The number of hydrogen-bond acceptors (Lipinski definition) is 1. The van der Waals surface area contributed by atoms with E-state index in [1.807, 2.05) is 6.92 Å². The molecule has 0 saturated heterocycles. The lowest BCUT2D eigenvalue weighted by molar-refractivity contribution is 0.336. The first kappa shape index (κ1) is 11.0. The molecule has 0 radical (unpaired) electrons. The largest absolute Gasteiger partial charge is 0.494 e. The maximum atomic E-state index is 5.66. The first-order valence-electron chi connectivity index (χ1n) is 5.59. The number of benzene rings is 1. The van der Waals surface area contributed by atoms with Gasteiger partial charge >= 0.3 is 0 Å². The van der Waals surface area contributed by atoms with Crippen LogP contribution in [0.25, 0.3) is 0 Å². The van der Waals surface area contributed by atoms with E-state index >= 15 is 0 Å². The van der Waals surface area contributed by atoms with Crippen LogP contribution in [0.4, 0.5) is 0 Å². The van der Waals surface area contributed by atoms with Gasteiger partial charge in [0.1, 0.15) is 5.75 Å². The molecule has 1 saturated carbocycles. The number of rotatable bonds is 4.